The molecule has 42 valence electrons. The number of hydrogen-bond donors (Lipinski definition) is 4. The van der Waals surface area contributed by atoms with Crippen molar-refractivity contribution in [3.8, 4) is 0 Å². The van der Waals surface area contributed by atoms with Crippen molar-refractivity contribution in [1.82, 2.24) is 21.9 Å². The third-order valence-corrected chi connectivity index (χ3v) is 0.812. The number of hydrazine groups is 3. The van der Waals surface area contributed by atoms with Crippen molar-refractivity contribution < 1.29 is 0 Å². The zero-order valence-corrected chi connectivity index (χ0v) is 4.50. The molecular formula is C3H10N4. The molecule has 1 aliphatic heterocycles. The SMILES string of the molecule is CC1(C)NNNN1. The average molecular weight is 102 g/mol. The molecule has 4 N–H and O–H groups in total. The number of hydrogen-bond acceptors (Lipinski definition) is 4. The third-order valence-electron chi connectivity index (χ3n) is 0.812. The lowest BCUT2D eigenvalue weighted by Crippen LogP contribution is -2.44. The Labute approximate surface area is 42.6 Å². The van der Waals surface area contributed by atoms with Gasteiger partial charge in [-0.05, 0) is 13.8 Å². The van der Waals surface area contributed by atoms with Gasteiger partial charge in [-0.2, -0.15) is 11.1 Å². The lowest BCUT2D eigenvalue weighted by molar-refractivity contribution is 0.387. The fraction of sp³-hybridized carbons (Fsp3) is 1.00. The molecule has 1 aliphatic rings. The van der Waals surface area contributed by atoms with Crippen LogP contribution in [-0.4, -0.2) is 5.66 Å². The van der Waals surface area contributed by atoms with E-state index in [1.54, 1.807) is 0 Å². The molecule has 0 atom stereocenters. The number of rotatable bonds is 0. The molecule has 0 aromatic rings. The van der Waals surface area contributed by atoms with Crippen LogP contribution in [0.25, 0.3) is 0 Å². The van der Waals surface area contributed by atoms with Gasteiger partial charge in [-0.1, -0.05) is 0 Å². The first-order valence-corrected chi connectivity index (χ1v) is 2.25. The van der Waals surface area contributed by atoms with Crippen LogP contribution in [0.2, 0.25) is 0 Å². The summed E-state index contributed by atoms with van der Waals surface area (Å²) in [6, 6.07) is 0. The zero-order chi connectivity index (χ0) is 5.33. The molecule has 4 heteroatoms. The average Bonchev–Trinajstić information content (AvgIpc) is 1.84. The number of nitrogens with one attached hydrogen (secondary N) is 4. The largest absolute Gasteiger partial charge is 0.223 e. The molecule has 7 heavy (non-hydrogen) atoms. The van der Waals surface area contributed by atoms with Gasteiger partial charge >= 0.3 is 0 Å². The van der Waals surface area contributed by atoms with Crippen LogP contribution in [0.1, 0.15) is 13.8 Å². The minimum atomic E-state index is -0.0278. The molecule has 0 unspecified atom stereocenters. The van der Waals surface area contributed by atoms with E-state index in [1.165, 1.54) is 0 Å². The van der Waals surface area contributed by atoms with Crippen molar-refractivity contribution in [3.05, 3.63) is 0 Å². The highest BCUT2D eigenvalue weighted by Crippen LogP contribution is 1.92. The molecule has 0 aromatic heterocycles. The third kappa shape index (κ3) is 1.10. The van der Waals surface area contributed by atoms with Gasteiger partial charge in [-0.3, -0.25) is 0 Å². The maximum absolute atomic E-state index is 2.92. The maximum Gasteiger partial charge on any atom is 0.0913 e. The van der Waals surface area contributed by atoms with E-state index < -0.39 is 0 Å². The predicted octanol–water partition coefficient (Wildman–Crippen LogP) is -1.16. The molecule has 0 radical (unpaired) electrons. The van der Waals surface area contributed by atoms with Gasteiger partial charge in [0.2, 0.25) is 0 Å². The first-order chi connectivity index (χ1) is 3.21. The standard InChI is InChI=1S/C3H10N4/c1-3(2)4-6-7-5-3/h4-7H,1-2H3. The Balaban J connectivity index is 2.40. The summed E-state index contributed by atoms with van der Waals surface area (Å²) in [5.41, 5.74) is 11.2. The molecule has 1 saturated heterocycles. The molecule has 1 heterocycles. The Kier molecular flexibility index (Phi) is 1.01. The van der Waals surface area contributed by atoms with Gasteiger partial charge in [0.15, 0.2) is 0 Å². The summed E-state index contributed by atoms with van der Waals surface area (Å²) in [6.45, 7) is 4.03. The highest BCUT2D eigenvalue weighted by molar-refractivity contribution is 4.71. The van der Waals surface area contributed by atoms with E-state index in [0.717, 1.165) is 0 Å². The zero-order valence-electron chi connectivity index (χ0n) is 4.50. The predicted molar refractivity (Wildman–Crippen MR) is 26.6 cm³/mol. The summed E-state index contributed by atoms with van der Waals surface area (Å²) >= 11 is 0. The Bertz CT molecular complexity index is 61.3. The van der Waals surface area contributed by atoms with E-state index in [0.29, 0.717) is 0 Å². The van der Waals surface area contributed by atoms with Crippen molar-refractivity contribution in [2.75, 3.05) is 0 Å². The second-order valence-electron chi connectivity index (χ2n) is 2.12. The van der Waals surface area contributed by atoms with Crippen molar-refractivity contribution in [1.29, 1.82) is 0 Å². The van der Waals surface area contributed by atoms with Crippen LogP contribution in [0, 0.1) is 0 Å². The molecular weight excluding hydrogens is 92.1 g/mol. The van der Waals surface area contributed by atoms with Crippen molar-refractivity contribution >= 4 is 0 Å². The molecule has 1 fully saturated rings. The van der Waals surface area contributed by atoms with Crippen LogP contribution in [0.5, 0.6) is 0 Å². The molecule has 0 bridgehead atoms. The van der Waals surface area contributed by atoms with E-state index in [1.807, 2.05) is 13.8 Å². The first kappa shape index (κ1) is 4.99. The summed E-state index contributed by atoms with van der Waals surface area (Å²) in [5.74, 6) is 0. The maximum atomic E-state index is 2.92. The van der Waals surface area contributed by atoms with Gasteiger partial charge in [0.05, 0.1) is 5.66 Å². The van der Waals surface area contributed by atoms with E-state index in [4.69, 9.17) is 0 Å². The normalized spacial score (nSPS) is 28.3. The summed E-state index contributed by atoms with van der Waals surface area (Å²) < 4.78 is 0. The van der Waals surface area contributed by atoms with Gasteiger partial charge in [-0.25, -0.2) is 10.9 Å². The van der Waals surface area contributed by atoms with Gasteiger partial charge in [-0.15, -0.1) is 0 Å². The quantitative estimate of drug-likeness (QED) is 0.311. The second kappa shape index (κ2) is 1.41. The van der Waals surface area contributed by atoms with E-state index >= 15 is 0 Å². The molecule has 0 amide bonds. The van der Waals surface area contributed by atoms with Crippen LogP contribution >= 0.6 is 0 Å². The highest BCUT2D eigenvalue weighted by atomic mass is 15.8. The fourth-order valence-electron chi connectivity index (χ4n) is 0.406. The molecule has 1 rings (SSSR count). The van der Waals surface area contributed by atoms with Gasteiger partial charge in [0, 0.05) is 0 Å². The van der Waals surface area contributed by atoms with Crippen LogP contribution in [0.15, 0.2) is 0 Å². The van der Waals surface area contributed by atoms with Crippen molar-refractivity contribution in [2.24, 2.45) is 0 Å². The summed E-state index contributed by atoms with van der Waals surface area (Å²) in [4.78, 5) is 0. The lowest BCUT2D eigenvalue weighted by Gasteiger charge is -2.13. The van der Waals surface area contributed by atoms with Crippen LogP contribution in [0.4, 0.5) is 0 Å². The van der Waals surface area contributed by atoms with Gasteiger partial charge in [0.25, 0.3) is 0 Å². The monoisotopic (exact) mass is 102 g/mol. The van der Waals surface area contributed by atoms with E-state index in [-0.39, 0.29) is 5.66 Å². The van der Waals surface area contributed by atoms with Crippen LogP contribution in [0.3, 0.4) is 0 Å². The topological polar surface area (TPSA) is 48.1 Å². The summed E-state index contributed by atoms with van der Waals surface area (Å²) in [7, 11) is 0. The Morgan fingerprint density at radius 1 is 1.00 bits per heavy atom. The Morgan fingerprint density at radius 2 is 1.43 bits per heavy atom. The van der Waals surface area contributed by atoms with Crippen LogP contribution in [-0.2, 0) is 0 Å². The minimum absolute atomic E-state index is 0.0278. The van der Waals surface area contributed by atoms with Gasteiger partial charge in [0.1, 0.15) is 0 Å². The lowest BCUT2D eigenvalue weighted by atomic mass is 10.3. The molecule has 0 aromatic carbocycles. The highest BCUT2D eigenvalue weighted by Gasteiger charge is 2.19. The first-order valence-electron chi connectivity index (χ1n) is 2.25. The Morgan fingerprint density at radius 3 is 1.57 bits per heavy atom. The smallest absolute Gasteiger partial charge is 0.0913 e. The summed E-state index contributed by atoms with van der Waals surface area (Å²) in [6.07, 6.45) is 0. The van der Waals surface area contributed by atoms with E-state index in [2.05, 4.69) is 21.9 Å². The van der Waals surface area contributed by atoms with Gasteiger partial charge < -0.3 is 0 Å². The molecule has 4 nitrogen and oxygen atoms in total. The van der Waals surface area contributed by atoms with Crippen molar-refractivity contribution in [2.45, 2.75) is 19.5 Å². The fourth-order valence-corrected chi connectivity index (χ4v) is 0.406. The summed E-state index contributed by atoms with van der Waals surface area (Å²) in [5, 5.41) is 0. The molecule has 0 aliphatic carbocycles. The molecule has 0 saturated carbocycles. The van der Waals surface area contributed by atoms with Crippen molar-refractivity contribution in [3.63, 3.8) is 0 Å². The van der Waals surface area contributed by atoms with E-state index in [9.17, 15) is 0 Å². The minimum Gasteiger partial charge on any atom is -0.223 e. The Hall–Kier alpha value is -0.160. The second-order valence-corrected chi connectivity index (χ2v) is 2.12. The molecule has 0 spiro atoms. The van der Waals surface area contributed by atoms with Crippen LogP contribution < -0.4 is 21.9 Å².